The van der Waals surface area contributed by atoms with Crippen molar-refractivity contribution in [3.8, 4) is 17.2 Å². The second-order valence-corrected chi connectivity index (χ2v) is 5.65. The van der Waals surface area contributed by atoms with E-state index in [2.05, 4.69) is 20.6 Å². The molecule has 3 rings (SSSR count). The van der Waals surface area contributed by atoms with Gasteiger partial charge in [-0.05, 0) is 12.1 Å². The van der Waals surface area contributed by atoms with Crippen LogP contribution in [0.2, 0.25) is 0 Å². The molecule has 28 heavy (non-hydrogen) atoms. The molecule has 0 spiro atoms. The standard InChI is InChI=1S/C20H20N4O4/c1-26-16-9-14(10-17(27-2)19(16)28-3)24-20(25)15-11-22-18(12-21-15)23-13-7-5-4-6-8-13/h4-12H,1-3H3,(H,22,23)(H,24,25). The van der Waals surface area contributed by atoms with Gasteiger partial charge in [0.05, 0.1) is 33.7 Å². The third kappa shape index (κ3) is 4.29. The Hall–Kier alpha value is -3.81. The molecule has 0 saturated heterocycles. The number of benzene rings is 2. The van der Waals surface area contributed by atoms with Gasteiger partial charge in [-0.1, -0.05) is 18.2 Å². The lowest BCUT2D eigenvalue weighted by molar-refractivity contribution is 0.102. The van der Waals surface area contributed by atoms with Gasteiger partial charge in [-0.3, -0.25) is 4.79 Å². The molecular formula is C20H20N4O4. The lowest BCUT2D eigenvalue weighted by Crippen LogP contribution is -2.14. The summed E-state index contributed by atoms with van der Waals surface area (Å²) in [5, 5.41) is 5.86. The van der Waals surface area contributed by atoms with Crippen LogP contribution >= 0.6 is 0 Å². The van der Waals surface area contributed by atoms with Crippen molar-refractivity contribution in [1.82, 2.24) is 9.97 Å². The van der Waals surface area contributed by atoms with E-state index in [0.717, 1.165) is 5.69 Å². The van der Waals surface area contributed by atoms with Crippen LogP contribution in [0.4, 0.5) is 17.2 Å². The number of nitrogens with zero attached hydrogens (tertiary/aromatic N) is 2. The predicted molar refractivity (Wildman–Crippen MR) is 106 cm³/mol. The van der Waals surface area contributed by atoms with Crippen molar-refractivity contribution < 1.29 is 19.0 Å². The van der Waals surface area contributed by atoms with Gasteiger partial charge in [0.1, 0.15) is 11.5 Å². The van der Waals surface area contributed by atoms with Crippen LogP contribution in [-0.2, 0) is 0 Å². The van der Waals surface area contributed by atoms with Crippen molar-refractivity contribution in [3.63, 3.8) is 0 Å². The van der Waals surface area contributed by atoms with E-state index in [1.54, 1.807) is 12.1 Å². The fraction of sp³-hybridized carbons (Fsp3) is 0.150. The van der Waals surface area contributed by atoms with Gasteiger partial charge in [0.2, 0.25) is 5.75 Å². The van der Waals surface area contributed by atoms with Crippen LogP contribution in [0.1, 0.15) is 10.5 Å². The highest BCUT2D eigenvalue weighted by Crippen LogP contribution is 2.39. The number of anilines is 3. The van der Waals surface area contributed by atoms with E-state index in [4.69, 9.17) is 14.2 Å². The van der Waals surface area contributed by atoms with Gasteiger partial charge in [0.25, 0.3) is 5.91 Å². The second kappa shape index (κ2) is 8.72. The molecule has 0 atom stereocenters. The highest BCUT2D eigenvalue weighted by Gasteiger charge is 2.16. The van der Waals surface area contributed by atoms with E-state index >= 15 is 0 Å². The number of rotatable bonds is 7. The van der Waals surface area contributed by atoms with Crippen molar-refractivity contribution in [2.75, 3.05) is 32.0 Å². The highest BCUT2D eigenvalue weighted by molar-refractivity contribution is 6.03. The summed E-state index contributed by atoms with van der Waals surface area (Å²) in [5.74, 6) is 1.44. The minimum absolute atomic E-state index is 0.173. The van der Waals surface area contributed by atoms with Crippen LogP contribution in [0.25, 0.3) is 0 Å². The normalized spacial score (nSPS) is 10.1. The van der Waals surface area contributed by atoms with E-state index in [0.29, 0.717) is 28.8 Å². The number of hydrogen-bond donors (Lipinski definition) is 2. The number of aromatic nitrogens is 2. The average molecular weight is 380 g/mol. The molecule has 2 aromatic carbocycles. The quantitative estimate of drug-likeness (QED) is 0.648. The molecule has 8 heteroatoms. The molecule has 1 amide bonds. The Labute approximate surface area is 162 Å². The Morgan fingerprint density at radius 3 is 2.07 bits per heavy atom. The fourth-order valence-electron chi connectivity index (χ4n) is 2.53. The third-order valence-electron chi connectivity index (χ3n) is 3.85. The van der Waals surface area contributed by atoms with Crippen LogP contribution in [0, 0.1) is 0 Å². The molecule has 0 saturated carbocycles. The Morgan fingerprint density at radius 1 is 0.857 bits per heavy atom. The van der Waals surface area contributed by atoms with Gasteiger partial charge in [0.15, 0.2) is 11.5 Å². The smallest absolute Gasteiger partial charge is 0.275 e. The maximum atomic E-state index is 12.5. The highest BCUT2D eigenvalue weighted by atomic mass is 16.5. The number of carbonyl (C=O) groups is 1. The molecule has 0 unspecified atom stereocenters. The maximum absolute atomic E-state index is 12.5. The molecular weight excluding hydrogens is 360 g/mol. The summed E-state index contributed by atoms with van der Waals surface area (Å²) in [6.07, 6.45) is 2.90. The van der Waals surface area contributed by atoms with E-state index < -0.39 is 5.91 Å². The van der Waals surface area contributed by atoms with Gasteiger partial charge < -0.3 is 24.8 Å². The van der Waals surface area contributed by atoms with Crippen molar-refractivity contribution in [2.45, 2.75) is 0 Å². The lowest BCUT2D eigenvalue weighted by atomic mass is 10.2. The van der Waals surface area contributed by atoms with Crippen LogP contribution in [0.15, 0.2) is 54.9 Å². The maximum Gasteiger partial charge on any atom is 0.275 e. The van der Waals surface area contributed by atoms with E-state index in [1.165, 1.54) is 33.7 Å². The summed E-state index contributed by atoms with van der Waals surface area (Å²) < 4.78 is 15.8. The summed E-state index contributed by atoms with van der Waals surface area (Å²) in [4.78, 5) is 20.9. The summed E-state index contributed by atoms with van der Waals surface area (Å²) in [6, 6.07) is 12.8. The van der Waals surface area contributed by atoms with Crippen molar-refractivity contribution in [1.29, 1.82) is 0 Å². The number of carbonyl (C=O) groups excluding carboxylic acids is 1. The lowest BCUT2D eigenvalue weighted by Gasteiger charge is -2.14. The minimum Gasteiger partial charge on any atom is -0.493 e. The molecule has 144 valence electrons. The Kier molecular flexibility index (Phi) is 5.91. The van der Waals surface area contributed by atoms with Crippen LogP contribution in [-0.4, -0.2) is 37.2 Å². The molecule has 1 aromatic heterocycles. The number of amides is 1. The van der Waals surface area contributed by atoms with Crippen molar-refractivity contribution >= 4 is 23.1 Å². The Morgan fingerprint density at radius 2 is 1.54 bits per heavy atom. The second-order valence-electron chi connectivity index (χ2n) is 5.65. The first-order valence-electron chi connectivity index (χ1n) is 8.40. The number of nitrogens with one attached hydrogen (secondary N) is 2. The zero-order chi connectivity index (χ0) is 19.9. The molecule has 0 fully saturated rings. The monoisotopic (exact) mass is 380 g/mol. The van der Waals surface area contributed by atoms with Crippen LogP contribution in [0.5, 0.6) is 17.2 Å². The largest absolute Gasteiger partial charge is 0.493 e. The Balaban J connectivity index is 1.74. The average Bonchev–Trinajstić information content (AvgIpc) is 2.74. The zero-order valence-electron chi connectivity index (χ0n) is 15.7. The first-order valence-corrected chi connectivity index (χ1v) is 8.40. The molecule has 0 bridgehead atoms. The van der Waals surface area contributed by atoms with Gasteiger partial charge >= 0.3 is 0 Å². The zero-order valence-corrected chi connectivity index (χ0v) is 15.7. The Bertz CT molecular complexity index is 921. The minimum atomic E-state index is -0.409. The summed E-state index contributed by atoms with van der Waals surface area (Å²) >= 11 is 0. The van der Waals surface area contributed by atoms with Gasteiger partial charge in [-0.2, -0.15) is 0 Å². The number of para-hydroxylation sites is 1. The molecule has 0 aliphatic carbocycles. The summed E-state index contributed by atoms with van der Waals surface area (Å²) in [5.41, 5.74) is 1.53. The van der Waals surface area contributed by atoms with Gasteiger partial charge in [-0.25, -0.2) is 9.97 Å². The van der Waals surface area contributed by atoms with E-state index in [1.807, 2.05) is 30.3 Å². The van der Waals surface area contributed by atoms with E-state index in [9.17, 15) is 4.79 Å². The number of hydrogen-bond acceptors (Lipinski definition) is 7. The molecule has 0 aliphatic rings. The molecule has 0 radical (unpaired) electrons. The number of methoxy groups -OCH3 is 3. The van der Waals surface area contributed by atoms with Crippen LogP contribution in [0.3, 0.4) is 0 Å². The molecule has 2 N–H and O–H groups in total. The first kappa shape index (κ1) is 19.0. The van der Waals surface area contributed by atoms with Gasteiger partial charge in [0, 0.05) is 23.5 Å². The summed E-state index contributed by atoms with van der Waals surface area (Å²) in [6.45, 7) is 0. The summed E-state index contributed by atoms with van der Waals surface area (Å²) in [7, 11) is 4.53. The number of ether oxygens (including phenoxy) is 3. The van der Waals surface area contributed by atoms with Gasteiger partial charge in [-0.15, -0.1) is 0 Å². The molecule has 1 heterocycles. The molecule has 0 aliphatic heterocycles. The molecule has 3 aromatic rings. The first-order chi connectivity index (χ1) is 13.6. The topological polar surface area (TPSA) is 94.6 Å². The van der Waals surface area contributed by atoms with Crippen LogP contribution < -0.4 is 24.8 Å². The van der Waals surface area contributed by atoms with E-state index in [-0.39, 0.29) is 5.69 Å². The fourth-order valence-corrected chi connectivity index (χ4v) is 2.53. The van der Waals surface area contributed by atoms with Crippen molar-refractivity contribution in [3.05, 3.63) is 60.6 Å². The SMILES string of the molecule is COc1cc(NC(=O)c2cnc(Nc3ccccc3)cn2)cc(OC)c1OC. The van der Waals surface area contributed by atoms with Crippen molar-refractivity contribution in [2.24, 2.45) is 0 Å². The third-order valence-corrected chi connectivity index (χ3v) is 3.85. The molecule has 8 nitrogen and oxygen atoms in total. The predicted octanol–water partition coefficient (Wildman–Crippen LogP) is 3.50.